The molecule has 1 aliphatic heterocycles. The molecule has 1 aliphatic rings. The van der Waals surface area contributed by atoms with E-state index in [-0.39, 0.29) is 5.91 Å². The number of halogens is 1. The Balaban J connectivity index is 1.49. The molecule has 0 fully saturated rings. The smallest absolute Gasteiger partial charge is 0.339 e. The number of rotatable bonds is 7. The van der Waals surface area contributed by atoms with Gasteiger partial charge < -0.3 is 14.4 Å². The molecule has 0 spiro atoms. The number of hydrogen-bond donors (Lipinski definition) is 0. The molecule has 0 N–H and O–H groups in total. The molecule has 3 aromatic carbocycles. The van der Waals surface area contributed by atoms with Gasteiger partial charge in [-0.15, -0.1) is 0 Å². The number of benzene rings is 3. The van der Waals surface area contributed by atoms with Crippen molar-refractivity contribution in [2.24, 2.45) is 0 Å². The first-order valence-electron chi connectivity index (χ1n) is 10.5. The molecular formula is C26H24ClNO4. The van der Waals surface area contributed by atoms with Crippen molar-refractivity contribution < 1.29 is 19.1 Å². The zero-order valence-electron chi connectivity index (χ0n) is 18.1. The first kappa shape index (κ1) is 21.9. The summed E-state index contributed by atoms with van der Waals surface area (Å²) in [5.74, 6) is 0.360. The normalized spacial score (nSPS) is 12.6. The molecule has 0 saturated heterocycles. The Morgan fingerprint density at radius 2 is 1.88 bits per heavy atom. The third kappa shape index (κ3) is 4.48. The Hall–Kier alpha value is -3.31. The summed E-state index contributed by atoms with van der Waals surface area (Å²) in [7, 11) is 1.33. The van der Waals surface area contributed by atoms with Crippen LogP contribution < -0.4 is 4.74 Å². The molecule has 0 atom stereocenters. The molecule has 0 unspecified atom stereocenters. The molecule has 4 rings (SSSR count). The first-order valence-corrected chi connectivity index (χ1v) is 10.9. The van der Waals surface area contributed by atoms with Crippen LogP contribution in [0.25, 0.3) is 11.1 Å². The lowest BCUT2D eigenvalue weighted by Crippen LogP contribution is -2.24. The van der Waals surface area contributed by atoms with Crippen LogP contribution in [0.5, 0.6) is 5.75 Å². The van der Waals surface area contributed by atoms with Crippen molar-refractivity contribution in [1.82, 2.24) is 4.90 Å². The van der Waals surface area contributed by atoms with E-state index in [1.54, 1.807) is 12.1 Å². The first-order chi connectivity index (χ1) is 15.5. The van der Waals surface area contributed by atoms with E-state index in [1.807, 2.05) is 53.4 Å². The summed E-state index contributed by atoms with van der Waals surface area (Å²) in [5.41, 5.74) is 4.90. The van der Waals surface area contributed by atoms with Crippen molar-refractivity contribution in [3.8, 4) is 16.9 Å². The molecule has 0 aromatic heterocycles. The summed E-state index contributed by atoms with van der Waals surface area (Å²) in [6.45, 7) is 3.85. The average molecular weight is 450 g/mol. The monoisotopic (exact) mass is 449 g/mol. The number of methoxy groups -OCH3 is 1. The molecule has 0 saturated carbocycles. The van der Waals surface area contributed by atoms with Gasteiger partial charge in [0.25, 0.3) is 5.91 Å². The van der Waals surface area contributed by atoms with Crippen LogP contribution >= 0.6 is 11.6 Å². The van der Waals surface area contributed by atoms with E-state index in [9.17, 15) is 9.59 Å². The number of carbonyl (C=O) groups is 2. The predicted molar refractivity (Wildman–Crippen MR) is 124 cm³/mol. The highest BCUT2D eigenvalue weighted by molar-refractivity contribution is 6.33. The Kier molecular flexibility index (Phi) is 6.47. The number of carbonyl (C=O) groups excluding carboxylic acids is 2. The fourth-order valence-electron chi connectivity index (χ4n) is 3.88. The third-order valence-corrected chi connectivity index (χ3v) is 5.82. The number of nitrogens with zero attached hydrogens (tertiary/aromatic N) is 1. The molecular weight excluding hydrogens is 426 g/mol. The third-order valence-electron chi connectivity index (χ3n) is 5.49. The van der Waals surface area contributed by atoms with E-state index in [2.05, 4.69) is 6.92 Å². The van der Waals surface area contributed by atoms with E-state index < -0.39 is 5.97 Å². The summed E-state index contributed by atoms with van der Waals surface area (Å²) in [6.07, 6.45) is 0.939. The van der Waals surface area contributed by atoms with Crippen LogP contribution in [0, 0.1) is 0 Å². The van der Waals surface area contributed by atoms with Gasteiger partial charge >= 0.3 is 5.97 Å². The van der Waals surface area contributed by atoms with E-state index in [4.69, 9.17) is 21.1 Å². The Morgan fingerprint density at radius 3 is 2.66 bits per heavy atom. The fraction of sp³-hybridized carbons (Fsp3) is 0.231. The van der Waals surface area contributed by atoms with Gasteiger partial charge in [-0.05, 0) is 65.1 Å². The molecule has 0 aliphatic carbocycles. The lowest BCUT2D eigenvalue weighted by molar-refractivity contribution is 0.0600. The molecule has 6 heteroatoms. The minimum absolute atomic E-state index is 0.0930. The van der Waals surface area contributed by atoms with Crippen LogP contribution in [-0.2, 0) is 17.9 Å². The van der Waals surface area contributed by atoms with Crippen molar-refractivity contribution in [2.45, 2.75) is 26.5 Å². The SMILES string of the molecule is CCCN1Cc2cc(OCc3cccc(-c4ccc(Cl)c(C(=O)OC)c4)c3)ccc2C1=O. The predicted octanol–water partition coefficient (Wildman–Crippen LogP) is 5.74. The summed E-state index contributed by atoms with van der Waals surface area (Å²) >= 11 is 6.14. The second-order valence-electron chi connectivity index (χ2n) is 7.72. The Bertz CT molecular complexity index is 1170. The van der Waals surface area contributed by atoms with E-state index in [1.165, 1.54) is 7.11 Å². The van der Waals surface area contributed by atoms with Crippen molar-refractivity contribution in [3.05, 3.63) is 87.9 Å². The number of amides is 1. The number of ether oxygens (including phenoxy) is 2. The average Bonchev–Trinajstić information content (AvgIpc) is 3.12. The summed E-state index contributed by atoms with van der Waals surface area (Å²) < 4.78 is 10.8. The van der Waals surface area contributed by atoms with Crippen LogP contribution in [0.3, 0.4) is 0 Å². The molecule has 32 heavy (non-hydrogen) atoms. The van der Waals surface area contributed by atoms with Gasteiger partial charge in [0.05, 0.1) is 17.7 Å². The van der Waals surface area contributed by atoms with Crippen LogP contribution in [0.4, 0.5) is 0 Å². The number of fused-ring (bicyclic) bond motifs is 1. The molecule has 3 aromatic rings. The van der Waals surface area contributed by atoms with Gasteiger partial charge in [-0.2, -0.15) is 0 Å². The maximum Gasteiger partial charge on any atom is 0.339 e. The Labute approximate surface area is 192 Å². The molecule has 164 valence electrons. The highest BCUT2D eigenvalue weighted by Crippen LogP contribution is 2.29. The van der Waals surface area contributed by atoms with Gasteiger partial charge in [-0.25, -0.2) is 4.79 Å². The number of esters is 1. The van der Waals surface area contributed by atoms with Crippen LogP contribution in [0.2, 0.25) is 5.02 Å². The highest BCUT2D eigenvalue weighted by atomic mass is 35.5. The van der Waals surface area contributed by atoms with E-state index in [0.717, 1.165) is 46.5 Å². The molecule has 0 radical (unpaired) electrons. The lowest BCUT2D eigenvalue weighted by Gasteiger charge is -2.13. The largest absolute Gasteiger partial charge is 0.489 e. The second kappa shape index (κ2) is 9.45. The summed E-state index contributed by atoms with van der Waals surface area (Å²) in [6, 6.07) is 18.9. The Morgan fingerprint density at radius 1 is 1.06 bits per heavy atom. The topological polar surface area (TPSA) is 55.8 Å². The number of hydrogen-bond acceptors (Lipinski definition) is 4. The minimum atomic E-state index is -0.469. The standard InChI is InChI=1S/C26H24ClNO4/c1-3-11-28-15-20-13-21(8-9-22(20)25(28)29)32-16-17-5-4-6-18(12-17)19-7-10-24(27)23(14-19)26(30)31-2/h4-10,12-14H,3,11,15-16H2,1-2H3. The molecule has 1 heterocycles. The minimum Gasteiger partial charge on any atom is -0.489 e. The van der Waals surface area contributed by atoms with Crippen molar-refractivity contribution in [1.29, 1.82) is 0 Å². The van der Waals surface area contributed by atoms with Gasteiger partial charge in [0, 0.05) is 18.7 Å². The van der Waals surface area contributed by atoms with Crippen molar-refractivity contribution >= 4 is 23.5 Å². The van der Waals surface area contributed by atoms with Gasteiger partial charge in [0.1, 0.15) is 12.4 Å². The van der Waals surface area contributed by atoms with Gasteiger partial charge in [-0.1, -0.05) is 42.8 Å². The van der Waals surface area contributed by atoms with Gasteiger partial charge in [0.15, 0.2) is 0 Å². The molecule has 1 amide bonds. The van der Waals surface area contributed by atoms with Crippen LogP contribution in [0.15, 0.2) is 60.7 Å². The fourth-order valence-corrected chi connectivity index (χ4v) is 4.07. The maximum absolute atomic E-state index is 12.4. The van der Waals surface area contributed by atoms with Crippen molar-refractivity contribution in [2.75, 3.05) is 13.7 Å². The zero-order chi connectivity index (χ0) is 22.7. The van der Waals surface area contributed by atoms with Crippen molar-refractivity contribution in [3.63, 3.8) is 0 Å². The maximum atomic E-state index is 12.4. The lowest BCUT2D eigenvalue weighted by atomic mass is 10.0. The van der Waals surface area contributed by atoms with Gasteiger partial charge in [-0.3, -0.25) is 4.79 Å². The zero-order valence-corrected chi connectivity index (χ0v) is 18.8. The second-order valence-corrected chi connectivity index (χ2v) is 8.13. The molecule has 0 bridgehead atoms. The summed E-state index contributed by atoms with van der Waals surface area (Å²) in [4.78, 5) is 26.2. The summed E-state index contributed by atoms with van der Waals surface area (Å²) in [5, 5.41) is 0.354. The van der Waals surface area contributed by atoms with E-state index >= 15 is 0 Å². The van der Waals surface area contributed by atoms with E-state index in [0.29, 0.717) is 23.7 Å². The highest BCUT2D eigenvalue weighted by Gasteiger charge is 2.26. The quantitative estimate of drug-likeness (QED) is 0.432. The van der Waals surface area contributed by atoms with Crippen LogP contribution in [0.1, 0.15) is 45.2 Å². The molecule has 5 nitrogen and oxygen atoms in total. The van der Waals surface area contributed by atoms with Crippen LogP contribution in [-0.4, -0.2) is 30.4 Å². The van der Waals surface area contributed by atoms with Gasteiger partial charge in [0.2, 0.25) is 0 Å².